The highest BCUT2D eigenvalue weighted by Crippen LogP contribution is 2.27. The van der Waals surface area contributed by atoms with E-state index in [-0.39, 0.29) is 11.6 Å². The Bertz CT molecular complexity index is 981. The van der Waals surface area contributed by atoms with E-state index in [2.05, 4.69) is 15.5 Å². The van der Waals surface area contributed by atoms with Gasteiger partial charge >= 0.3 is 0 Å². The number of ether oxygens (including phenoxy) is 1. The molecule has 1 aromatic heterocycles. The van der Waals surface area contributed by atoms with E-state index in [4.69, 9.17) is 4.74 Å². The van der Waals surface area contributed by atoms with Gasteiger partial charge in [-0.15, -0.1) is 10.2 Å². The first-order chi connectivity index (χ1) is 13.0. The number of nitrogens with one attached hydrogen (secondary N) is 1. The Kier molecular flexibility index (Phi) is 5.53. The Balaban J connectivity index is 1.62. The number of hydrogen-bond acceptors (Lipinski definition) is 7. The minimum Gasteiger partial charge on any atom is -0.497 e. The van der Waals surface area contributed by atoms with Gasteiger partial charge < -0.3 is 4.74 Å². The summed E-state index contributed by atoms with van der Waals surface area (Å²) in [4.78, 5) is 22.2. The summed E-state index contributed by atoms with van der Waals surface area (Å²) in [5, 5.41) is 22.3. The van der Waals surface area contributed by atoms with E-state index >= 15 is 0 Å². The van der Waals surface area contributed by atoms with Crippen LogP contribution < -0.4 is 10.1 Å². The SMILES string of the molecule is COc1ccc(-c2nnc(NC(=O)/C=C/c3ccc([N+](=O)[O-])cc3)s2)cc1. The highest BCUT2D eigenvalue weighted by atomic mass is 32.1. The van der Waals surface area contributed by atoms with E-state index in [1.807, 2.05) is 24.3 Å². The fourth-order valence-corrected chi connectivity index (χ4v) is 2.90. The lowest BCUT2D eigenvalue weighted by Gasteiger charge is -1.99. The van der Waals surface area contributed by atoms with Gasteiger partial charge in [0.1, 0.15) is 10.8 Å². The van der Waals surface area contributed by atoms with Crippen LogP contribution in [-0.2, 0) is 4.79 Å². The minimum absolute atomic E-state index is 0.00322. The zero-order valence-electron chi connectivity index (χ0n) is 14.2. The molecule has 0 atom stereocenters. The van der Waals surface area contributed by atoms with Crippen LogP contribution in [0.25, 0.3) is 16.6 Å². The van der Waals surface area contributed by atoms with Crippen LogP contribution in [0.3, 0.4) is 0 Å². The maximum atomic E-state index is 12.0. The van der Waals surface area contributed by atoms with Crippen molar-refractivity contribution in [1.82, 2.24) is 10.2 Å². The van der Waals surface area contributed by atoms with E-state index in [9.17, 15) is 14.9 Å². The zero-order valence-corrected chi connectivity index (χ0v) is 15.0. The van der Waals surface area contributed by atoms with Crippen molar-refractivity contribution in [3.63, 3.8) is 0 Å². The maximum absolute atomic E-state index is 12.0. The van der Waals surface area contributed by atoms with Gasteiger partial charge in [-0.2, -0.15) is 0 Å². The highest BCUT2D eigenvalue weighted by Gasteiger charge is 2.09. The van der Waals surface area contributed by atoms with E-state index in [1.54, 1.807) is 25.3 Å². The molecule has 1 N–H and O–H groups in total. The van der Waals surface area contributed by atoms with E-state index in [0.717, 1.165) is 11.3 Å². The summed E-state index contributed by atoms with van der Waals surface area (Å²) in [5.41, 5.74) is 1.54. The van der Waals surface area contributed by atoms with Gasteiger partial charge in [-0.1, -0.05) is 11.3 Å². The Morgan fingerprint density at radius 2 is 1.85 bits per heavy atom. The van der Waals surface area contributed by atoms with Gasteiger partial charge in [0.05, 0.1) is 12.0 Å². The average molecular weight is 382 g/mol. The summed E-state index contributed by atoms with van der Waals surface area (Å²) >= 11 is 1.25. The average Bonchev–Trinajstić information content (AvgIpc) is 3.15. The van der Waals surface area contributed by atoms with Crippen LogP contribution in [-0.4, -0.2) is 28.1 Å². The van der Waals surface area contributed by atoms with Crippen molar-refractivity contribution in [2.75, 3.05) is 12.4 Å². The smallest absolute Gasteiger partial charge is 0.269 e. The molecule has 0 aliphatic rings. The maximum Gasteiger partial charge on any atom is 0.269 e. The molecule has 0 saturated carbocycles. The van der Waals surface area contributed by atoms with Crippen molar-refractivity contribution in [2.24, 2.45) is 0 Å². The number of anilines is 1. The second kappa shape index (κ2) is 8.19. The van der Waals surface area contributed by atoms with E-state index in [0.29, 0.717) is 15.7 Å². The third-order valence-corrected chi connectivity index (χ3v) is 4.41. The largest absolute Gasteiger partial charge is 0.497 e. The van der Waals surface area contributed by atoms with Crippen molar-refractivity contribution in [1.29, 1.82) is 0 Å². The lowest BCUT2D eigenvalue weighted by molar-refractivity contribution is -0.384. The van der Waals surface area contributed by atoms with Crippen LogP contribution in [0.4, 0.5) is 10.8 Å². The summed E-state index contributed by atoms with van der Waals surface area (Å²) in [6.07, 6.45) is 2.89. The summed E-state index contributed by atoms with van der Waals surface area (Å²) in [7, 11) is 1.60. The number of rotatable bonds is 6. The molecule has 0 aliphatic heterocycles. The molecule has 3 aromatic rings. The van der Waals surface area contributed by atoms with Crippen molar-refractivity contribution in [3.8, 4) is 16.3 Å². The number of carbonyl (C=O) groups is 1. The zero-order chi connectivity index (χ0) is 19.2. The molecule has 0 bridgehead atoms. The van der Waals surface area contributed by atoms with Crippen LogP contribution in [0.5, 0.6) is 5.75 Å². The van der Waals surface area contributed by atoms with Crippen LogP contribution in [0, 0.1) is 10.1 Å². The molecule has 1 amide bonds. The van der Waals surface area contributed by atoms with E-state index in [1.165, 1.54) is 29.5 Å². The van der Waals surface area contributed by atoms with Crippen molar-refractivity contribution >= 4 is 34.1 Å². The summed E-state index contributed by atoms with van der Waals surface area (Å²) in [6.45, 7) is 0. The number of hydrogen-bond donors (Lipinski definition) is 1. The molecular formula is C18H14N4O4S. The van der Waals surface area contributed by atoms with Gasteiger partial charge in [-0.05, 0) is 48.0 Å². The molecule has 0 spiro atoms. The molecule has 2 aromatic carbocycles. The molecule has 27 heavy (non-hydrogen) atoms. The number of aromatic nitrogens is 2. The van der Waals surface area contributed by atoms with Crippen LogP contribution in [0.15, 0.2) is 54.6 Å². The van der Waals surface area contributed by atoms with Crippen molar-refractivity contribution in [3.05, 3.63) is 70.3 Å². The van der Waals surface area contributed by atoms with Gasteiger partial charge in [0.2, 0.25) is 11.0 Å². The Morgan fingerprint density at radius 3 is 2.48 bits per heavy atom. The summed E-state index contributed by atoms with van der Waals surface area (Å²) in [6, 6.07) is 13.2. The molecule has 3 rings (SSSR count). The van der Waals surface area contributed by atoms with Crippen molar-refractivity contribution in [2.45, 2.75) is 0 Å². The first kappa shape index (κ1) is 18.2. The van der Waals surface area contributed by atoms with Crippen LogP contribution in [0.2, 0.25) is 0 Å². The molecular weight excluding hydrogens is 368 g/mol. The predicted molar refractivity (Wildman–Crippen MR) is 103 cm³/mol. The fraction of sp³-hybridized carbons (Fsp3) is 0.0556. The van der Waals surface area contributed by atoms with Crippen LogP contribution >= 0.6 is 11.3 Å². The Labute approximate surface area is 158 Å². The third-order valence-electron chi connectivity index (χ3n) is 3.52. The number of methoxy groups -OCH3 is 1. The molecule has 0 saturated heterocycles. The van der Waals surface area contributed by atoms with Gasteiger partial charge in [0.15, 0.2) is 0 Å². The number of non-ortho nitro benzene ring substituents is 1. The Hall–Kier alpha value is -3.59. The Morgan fingerprint density at radius 1 is 1.15 bits per heavy atom. The second-order valence-corrected chi connectivity index (χ2v) is 6.29. The topological polar surface area (TPSA) is 107 Å². The fourth-order valence-electron chi connectivity index (χ4n) is 2.15. The summed E-state index contributed by atoms with van der Waals surface area (Å²) < 4.78 is 5.11. The number of amides is 1. The second-order valence-electron chi connectivity index (χ2n) is 5.31. The number of nitro groups is 1. The first-order valence-electron chi connectivity index (χ1n) is 7.76. The lowest BCUT2D eigenvalue weighted by Crippen LogP contribution is -2.07. The normalized spacial score (nSPS) is 10.7. The van der Waals surface area contributed by atoms with E-state index < -0.39 is 4.92 Å². The van der Waals surface area contributed by atoms with Gasteiger partial charge in [-0.3, -0.25) is 20.2 Å². The molecule has 0 aliphatic carbocycles. The van der Waals surface area contributed by atoms with Gasteiger partial charge in [0, 0.05) is 23.8 Å². The van der Waals surface area contributed by atoms with Crippen molar-refractivity contribution < 1.29 is 14.5 Å². The molecule has 136 valence electrons. The number of carbonyl (C=O) groups excluding carboxylic acids is 1. The quantitative estimate of drug-likeness (QED) is 0.395. The predicted octanol–water partition coefficient (Wildman–Crippen LogP) is 3.77. The van der Waals surface area contributed by atoms with Crippen LogP contribution in [0.1, 0.15) is 5.56 Å². The lowest BCUT2D eigenvalue weighted by atomic mass is 10.2. The molecule has 8 nitrogen and oxygen atoms in total. The number of nitrogens with zero attached hydrogens (tertiary/aromatic N) is 3. The highest BCUT2D eigenvalue weighted by molar-refractivity contribution is 7.18. The first-order valence-corrected chi connectivity index (χ1v) is 8.58. The molecule has 0 fully saturated rings. The standard InChI is InChI=1S/C18H14N4O4S/c1-26-15-9-5-13(6-10-15)17-20-21-18(27-17)19-16(23)11-4-12-2-7-14(8-3-12)22(24)25/h2-11H,1H3,(H,19,21,23)/b11-4+. The third kappa shape index (κ3) is 4.73. The molecule has 1 heterocycles. The molecule has 0 unspecified atom stereocenters. The van der Waals surface area contributed by atoms with Gasteiger partial charge in [-0.25, -0.2) is 0 Å². The number of nitro benzene ring substituents is 1. The van der Waals surface area contributed by atoms with Gasteiger partial charge in [0.25, 0.3) is 5.69 Å². The monoisotopic (exact) mass is 382 g/mol. The number of benzene rings is 2. The molecule has 0 radical (unpaired) electrons. The molecule has 9 heteroatoms. The minimum atomic E-state index is -0.476. The summed E-state index contributed by atoms with van der Waals surface area (Å²) in [5.74, 6) is 0.374.